The van der Waals surface area contributed by atoms with Gasteiger partial charge in [-0.25, -0.2) is 0 Å². The summed E-state index contributed by atoms with van der Waals surface area (Å²) >= 11 is 0.213. The van der Waals surface area contributed by atoms with E-state index in [0.717, 1.165) is 26.2 Å². The second-order valence-corrected chi connectivity index (χ2v) is 30.2. The van der Waals surface area contributed by atoms with E-state index in [1.54, 1.807) is 0 Å². The molecule has 2 heterocycles. The Hall–Kier alpha value is -2.54. The summed E-state index contributed by atoms with van der Waals surface area (Å²) in [5.41, 5.74) is 18.2. The summed E-state index contributed by atoms with van der Waals surface area (Å²) in [5, 5.41) is 0. The van der Waals surface area contributed by atoms with E-state index in [2.05, 4.69) is 202 Å². The van der Waals surface area contributed by atoms with Crippen LogP contribution in [0.1, 0.15) is 203 Å². The average molecular weight is 898 g/mol. The third-order valence-corrected chi connectivity index (χ3v) is 27.3. The topological polar surface area (TPSA) is 13.0 Å². The molecule has 0 amide bonds. The van der Waals surface area contributed by atoms with Crippen molar-refractivity contribution in [3.63, 3.8) is 0 Å². The summed E-state index contributed by atoms with van der Waals surface area (Å²) in [6.07, 6.45) is 0. The minimum atomic E-state index is -0.759. The number of nitrogens with zero attached hydrogens (tertiary/aromatic N) is 4. The second kappa shape index (κ2) is 19.2. The van der Waals surface area contributed by atoms with Crippen molar-refractivity contribution in [3.05, 3.63) is 117 Å². The molecule has 0 saturated carbocycles. The minimum absolute atomic E-state index is 0.213. The monoisotopic (exact) mass is 898 g/mol. The van der Waals surface area contributed by atoms with Crippen molar-refractivity contribution in [1.29, 1.82) is 0 Å². The van der Waals surface area contributed by atoms with Gasteiger partial charge >= 0.3 is 371 Å². The summed E-state index contributed by atoms with van der Waals surface area (Å²) in [4.78, 5) is 0. The number of anilines is 4. The quantitative estimate of drug-likeness (QED) is 0.0923. The normalized spacial score (nSPS) is 15.9. The number of para-hydroxylation sites is 4. The van der Waals surface area contributed by atoms with Crippen molar-refractivity contribution in [2.75, 3.05) is 44.9 Å². The Morgan fingerprint density at radius 2 is 0.458 bits per heavy atom. The molecule has 0 radical (unpaired) electrons. The maximum atomic E-state index is 2.99. The van der Waals surface area contributed by atoms with Crippen LogP contribution in [0, 0.1) is 0 Å². The van der Waals surface area contributed by atoms with Gasteiger partial charge in [0.1, 0.15) is 0 Å². The first-order valence-electron chi connectivity index (χ1n) is 22.8. The van der Waals surface area contributed by atoms with Gasteiger partial charge in [0.2, 0.25) is 0 Å². The molecular formula is C52H76N4P2Se. The summed E-state index contributed by atoms with van der Waals surface area (Å²) < 4.78 is 12.0. The first-order valence-corrected chi connectivity index (χ1v) is 29.8. The predicted molar refractivity (Wildman–Crippen MR) is 267 cm³/mol. The van der Waals surface area contributed by atoms with Gasteiger partial charge in [-0.3, -0.25) is 0 Å². The maximum absolute atomic E-state index is 2.99. The summed E-state index contributed by atoms with van der Waals surface area (Å²) in [7, 11) is 0. The number of benzene rings is 4. The van der Waals surface area contributed by atoms with Crippen molar-refractivity contribution in [2.45, 2.75) is 158 Å². The summed E-state index contributed by atoms with van der Waals surface area (Å²) in [6, 6.07) is 28.9. The van der Waals surface area contributed by atoms with E-state index in [0.29, 0.717) is 47.3 Å². The van der Waals surface area contributed by atoms with Gasteiger partial charge in [-0.1, -0.05) is 0 Å². The van der Waals surface area contributed by atoms with E-state index < -0.39 is 13.8 Å². The summed E-state index contributed by atoms with van der Waals surface area (Å²) in [5.74, 6) is 3.55. The summed E-state index contributed by atoms with van der Waals surface area (Å²) in [6.45, 7) is 41.3. The first kappa shape index (κ1) is 46.0. The van der Waals surface area contributed by atoms with E-state index in [1.165, 1.54) is 67.3 Å². The van der Waals surface area contributed by atoms with Crippen LogP contribution in [0.2, 0.25) is 0 Å². The zero-order chi connectivity index (χ0) is 43.0. The molecule has 320 valence electrons. The standard InChI is InChI=1S/C52H76N4P2Se/c1-33(2)41-21-17-22-42(34(3)4)49(41)53-29-30-54(50-43(35(5)6)23-18-24-44(50)36(7)8)57(53)59-58-55(51-45(37(9)10)25-19-26-46(51)38(11)12)31-32-56(58)52-47(39(13)14)27-20-28-48(52)40(15)16/h17-28,33-40H,29-32H2,1-16H3. The Labute approximate surface area is 369 Å². The predicted octanol–water partition coefficient (Wildman–Crippen LogP) is 16.2. The molecule has 2 aliphatic rings. The number of hydrogen-bond acceptors (Lipinski definition) is 4. The van der Waals surface area contributed by atoms with E-state index in [1.807, 2.05) is 0 Å². The van der Waals surface area contributed by atoms with Crippen LogP contribution in [0.25, 0.3) is 0 Å². The molecule has 2 aliphatic heterocycles. The molecule has 4 aromatic carbocycles. The van der Waals surface area contributed by atoms with Crippen LogP contribution in [0.4, 0.5) is 22.7 Å². The Balaban J connectivity index is 1.67. The van der Waals surface area contributed by atoms with Gasteiger partial charge in [0.15, 0.2) is 0 Å². The van der Waals surface area contributed by atoms with Gasteiger partial charge in [-0.05, 0) is 0 Å². The SMILES string of the molecule is CC(C)c1cccc(C(C)C)c1N1CCN(c2c(C(C)C)cccc2C(C)C)P1[Se]P1N(c2c(C(C)C)cccc2C(C)C)CCN1c1c(C(C)C)cccc1C(C)C. The van der Waals surface area contributed by atoms with E-state index >= 15 is 0 Å². The van der Waals surface area contributed by atoms with Gasteiger partial charge in [0, 0.05) is 0 Å². The number of hydrogen-bond donors (Lipinski definition) is 0. The molecule has 0 atom stereocenters. The molecular weight excluding hydrogens is 822 g/mol. The van der Waals surface area contributed by atoms with Crippen molar-refractivity contribution in [1.82, 2.24) is 0 Å². The fraction of sp³-hybridized carbons (Fsp3) is 0.538. The van der Waals surface area contributed by atoms with E-state index in [4.69, 9.17) is 0 Å². The van der Waals surface area contributed by atoms with Crippen LogP contribution in [0.15, 0.2) is 72.8 Å². The van der Waals surface area contributed by atoms with Gasteiger partial charge in [-0.2, -0.15) is 0 Å². The third-order valence-electron chi connectivity index (χ3n) is 12.4. The fourth-order valence-electron chi connectivity index (χ4n) is 9.25. The molecule has 4 aromatic rings. The van der Waals surface area contributed by atoms with Crippen molar-refractivity contribution in [2.24, 2.45) is 0 Å². The molecule has 0 unspecified atom stereocenters. The van der Waals surface area contributed by atoms with Crippen molar-refractivity contribution >= 4 is 50.6 Å². The van der Waals surface area contributed by atoms with Gasteiger partial charge < -0.3 is 0 Å². The van der Waals surface area contributed by atoms with Gasteiger partial charge in [-0.15, -0.1) is 0 Å². The molecule has 2 saturated heterocycles. The van der Waals surface area contributed by atoms with Crippen LogP contribution in [-0.2, 0) is 0 Å². The first-order chi connectivity index (χ1) is 28.0. The van der Waals surface area contributed by atoms with Crippen LogP contribution in [0.3, 0.4) is 0 Å². The van der Waals surface area contributed by atoms with Crippen molar-refractivity contribution < 1.29 is 0 Å². The van der Waals surface area contributed by atoms with Gasteiger partial charge in [0.25, 0.3) is 0 Å². The Kier molecular flexibility index (Phi) is 15.0. The van der Waals surface area contributed by atoms with Crippen LogP contribution < -0.4 is 18.7 Å². The van der Waals surface area contributed by atoms with Crippen LogP contribution in [0.5, 0.6) is 0 Å². The Morgan fingerprint density at radius 3 is 0.593 bits per heavy atom. The zero-order valence-corrected chi connectivity index (χ0v) is 43.0. The number of rotatable bonds is 14. The zero-order valence-electron chi connectivity index (χ0n) is 39.5. The average Bonchev–Trinajstić information content (AvgIpc) is 3.80. The Morgan fingerprint density at radius 1 is 0.305 bits per heavy atom. The third kappa shape index (κ3) is 9.17. The molecule has 0 aliphatic carbocycles. The molecule has 0 N–H and O–H groups in total. The molecule has 0 spiro atoms. The molecule has 59 heavy (non-hydrogen) atoms. The van der Waals surface area contributed by atoms with E-state index in [-0.39, 0.29) is 14.1 Å². The second-order valence-electron chi connectivity index (χ2n) is 19.5. The molecule has 4 nitrogen and oxygen atoms in total. The molecule has 0 aromatic heterocycles. The molecule has 7 heteroatoms. The fourth-order valence-corrected chi connectivity index (χ4v) is 27.6. The van der Waals surface area contributed by atoms with Crippen LogP contribution in [-0.4, -0.2) is 40.3 Å². The van der Waals surface area contributed by atoms with Gasteiger partial charge in [0.05, 0.1) is 0 Å². The molecule has 0 bridgehead atoms. The Bertz CT molecular complexity index is 1660. The van der Waals surface area contributed by atoms with Crippen LogP contribution >= 0.6 is 13.8 Å². The van der Waals surface area contributed by atoms with Crippen molar-refractivity contribution in [3.8, 4) is 0 Å². The van der Waals surface area contributed by atoms with E-state index in [9.17, 15) is 0 Å². The molecule has 6 rings (SSSR count). The molecule has 2 fully saturated rings.